The second-order valence-corrected chi connectivity index (χ2v) is 9.51. The van der Waals surface area contributed by atoms with Crippen LogP contribution < -0.4 is 5.32 Å². The Hall–Kier alpha value is -1.67. The van der Waals surface area contributed by atoms with Crippen LogP contribution in [-0.4, -0.2) is 31.7 Å². The number of carbonyl (C=O) groups excluding carboxylic acids is 1. The molecule has 1 N–H and O–H groups in total. The molecule has 0 atom stereocenters. The normalized spacial score (nSPS) is 16.1. The Balaban J connectivity index is 1.59. The van der Waals surface area contributed by atoms with Crippen molar-refractivity contribution >= 4 is 44.8 Å². The molecule has 28 heavy (non-hydrogen) atoms. The van der Waals surface area contributed by atoms with E-state index in [1.807, 2.05) is 0 Å². The number of benzene rings is 2. The molecule has 3 rings (SSSR count). The van der Waals surface area contributed by atoms with E-state index in [4.69, 9.17) is 23.2 Å². The number of sulfonamides is 1. The standard InChI is InChI=1S/C19H19Cl2FN2O3S/c20-15-9-16(21)11-17(10-15)23-19(25)13-5-7-24(8-6-13)28(26,27)12-14-3-1-2-4-18(14)22/h1-4,9-11,13H,5-8,12H2,(H,23,25). The molecule has 2 aromatic rings. The predicted molar refractivity (Wildman–Crippen MR) is 108 cm³/mol. The minimum Gasteiger partial charge on any atom is -0.326 e. The SMILES string of the molecule is O=C(Nc1cc(Cl)cc(Cl)c1)C1CCN(S(=O)(=O)Cc2ccccc2F)CC1. The van der Waals surface area contributed by atoms with E-state index < -0.39 is 21.6 Å². The van der Waals surface area contributed by atoms with E-state index in [0.29, 0.717) is 28.6 Å². The number of hydrogen-bond donors (Lipinski definition) is 1. The average Bonchev–Trinajstić information content (AvgIpc) is 2.63. The van der Waals surface area contributed by atoms with E-state index in [1.54, 1.807) is 24.3 Å². The molecule has 5 nitrogen and oxygen atoms in total. The van der Waals surface area contributed by atoms with Gasteiger partial charge in [-0.3, -0.25) is 4.79 Å². The molecule has 0 spiro atoms. The summed E-state index contributed by atoms with van der Waals surface area (Å²) in [5.74, 6) is -1.46. The van der Waals surface area contributed by atoms with E-state index in [2.05, 4.69) is 5.32 Å². The third kappa shape index (κ3) is 5.23. The van der Waals surface area contributed by atoms with Crippen LogP contribution in [0.3, 0.4) is 0 Å². The van der Waals surface area contributed by atoms with E-state index in [1.165, 1.54) is 22.5 Å². The number of hydrogen-bond acceptors (Lipinski definition) is 3. The van der Waals surface area contributed by atoms with Gasteiger partial charge in [-0.2, -0.15) is 0 Å². The van der Waals surface area contributed by atoms with Gasteiger partial charge in [0.15, 0.2) is 0 Å². The summed E-state index contributed by atoms with van der Waals surface area (Å²) >= 11 is 11.9. The van der Waals surface area contributed by atoms with Crippen molar-refractivity contribution in [3.63, 3.8) is 0 Å². The number of amides is 1. The first-order valence-corrected chi connectivity index (χ1v) is 11.1. The largest absolute Gasteiger partial charge is 0.326 e. The first kappa shape index (κ1) is 21.0. The highest BCUT2D eigenvalue weighted by Gasteiger charge is 2.31. The van der Waals surface area contributed by atoms with Crippen LogP contribution in [0, 0.1) is 11.7 Å². The molecule has 1 amide bonds. The summed E-state index contributed by atoms with van der Waals surface area (Å²) in [6.07, 6.45) is 0.771. The molecule has 0 bridgehead atoms. The van der Waals surface area contributed by atoms with Gasteiger partial charge < -0.3 is 5.32 Å². The van der Waals surface area contributed by atoms with Crippen molar-refractivity contribution in [1.82, 2.24) is 4.31 Å². The zero-order valence-electron chi connectivity index (χ0n) is 14.9. The summed E-state index contributed by atoms with van der Waals surface area (Å²) in [5.41, 5.74) is 0.636. The van der Waals surface area contributed by atoms with E-state index in [9.17, 15) is 17.6 Å². The summed E-state index contributed by atoms with van der Waals surface area (Å²) in [4.78, 5) is 12.5. The number of anilines is 1. The predicted octanol–water partition coefficient (Wildman–Crippen LogP) is 4.31. The van der Waals surface area contributed by atoms with Crippen molar-refractivity contribution in [2.75, 3.05) is 18.4 Å². The van der Waals surface area contributed by atoms with Gasteiger partial charge in [0.05, 0.1) is 5.75 Å². The lowest BCUT2D eigenvalue weighted by atomic mass is 9.97. The molecule has 0 saturated carbocycles. The molecule has 0 aliphatic carbocycles. The molecule has 0 radical (unpaired) electrons. The number of rotatable bonds is 5. The maximum absolute atomic E-state index is 13.8. The third-order valence-corrected chi connectivity index (χ3v) is 6.91. The summed E-state index contributed by atoms with van der Waals surface area (Å²) in [5, 5.41) is 3.60. The van der Waals surface area contributed by atoms with E-state index in [-0.39, 0.29) is 30.5 Å². The van der Waals surface area contributed by atoms with Gasteiger partial charge in [-0.15, -0.1) is 0 Å². The van der Waals surface area contributed by atoms with Crippen LogP contribution in [0.2, 0.25) is 10.0 Å². The number of carbonyl (C=O) groups is 1. The highest BCUT2D eigenvalue weighted by atomic mass is 35.5. The lowest BCUT2D eigenvalue weighted by molar-refractivity contribution is -0.120. The summed E-state index contributed by atoms with van der Waals surface area (Å²) in [6, 6.07) is 10.6. The van der Waals surface area contributed by atoms with Gasteiger partial charge in [0, 0.05) is 40.3 Å². The van der Waals surface area contributed by atoms with Gasteiger partial charge in [-0.05, 0) is 37.1 Å². The van der Waals surface area contributed by atoms with Crippen molar-refractivity contribution in [1.29, 1.82) is 0 Å². The van der Waals surface area contributed by atoms with Crippen LogP contribution in [0.1, 0.15) is 18.4 Å². The molecule has 0 aromatic heterocycles. The van der Waals surface area contributed by atoms with Crippen molar-refractivity contribution in [2.24, 2.45) is 5.92 Å². The lowest BCUT2D eigenvalue weighted by Gasteiger charge is -2.30. The Bertz CT molecular complexity index is 957. The maximum atomic E-state index is 13.8. The minimum absolute atomic E-state index is 0.139. The second kappa shape index (κ2) is 8.78. The van der Waals surface area contributed by atoms with Crippen molar-refractivity contribution in [3.8, 4) is 0 Å². The second-order valence-electron chi connectivity index (χ2n) is 6.67. The fourth-order valence-corrected chi connectivity index (χ4v) is 5.27. The fraction of sp³-hybridized carbons (Fsp3) is 0.316. The minimum atomic E-state index is -3.65. The van der Waals surface area contributed by atoms with Crippen molar-refractivity contribution in [3.05, 3.63) is 63.9 Å². The Kier molecular flexibility index (Phi) is 6.60. The summed E-state index contributed by atoms with van der Waals surface area (Å²) in [6.45, 7) is 0.427. The third-order valence-electron chi connectivity index (χ3n) is 4.64. The average molecular weight is 445 g/mol. The highest BCUT2D eigenvalue weighted by molar-refractivity contribution is 7.88. The Labute approximate surface area is 173 Å². The van der Waals surface area contributed by atoms with Crippen LogP contribution in [0.15, 0.2) is 42.5 Å². The monoisotopic (exact) mass is 444 g/mol. The number of halogens is 3. The molecule has 1 heterocycles. The van der Waals surface area contributed by atoms with Crippen LogP contribution in [0.5, 0.6) is 0 Å². The van der Waals surface area contributed by atoms with E-state index in [0.717, 1.165) is 0 Å². The Morgan fingerprint density at radius 3 is 2.32 bits per heavy atom. The molecule has 1 aliphatic heterocycles. The number of nitrogens with zero attached hydrogens (tertiary/aromatic N) is 1. The van der Waals surface area contributed by atoms with Crippen molar-refractivity contribution < 1.29 is 17.6 Å². The van der Waals surface area contributed by atoms with Crippen molar-refractivity contribution in [2.45, 2.75) is 18.6 Å². The van der Waals surface area contributed by atoms with Crippen LogP contribution in [0.25, 0.3) is 0 Å². The van der Waals surface area contributed by atoms with Gasteiger partial charge in [0.2, 0.25) is 15.9 Å². The molecular formula is C19H19Cl2FN2O3S. The zero-order valence-corrected chi connectivity index (χ0v) is 17.2. The number of piperidine rings is 1. The van der Waals surface area contributed by atoms with Gasteiger partial charge in [0.25, 0.3) is 0 Å². The summed E-state index contributed by atoms with van der Waals surface area (Å²) < 4.78 is 40.2. The fourth-order valence-electron chi connectivity index (χ4n) is 3.17. The molecule has 0 unspecified atom stereocenters. The van der Waals surface area contributed by atoms with Gasteiger partial charge in [-0.25, -0.2) is 17.1 Å². The van der Waals surface area contributed by atoms with Crippen LogP contribution in [-0.2, 0) is 20.6 Å². The molecular weight excluding hydrogens is 426 g/mol. The quantitative estimate of drug-likeness (QED) is 0.746. The smallest absolute Gasteiger partial charge is 0.227 e. The van der Waals surface area contributed by atoms with Crippen LogP contribution >= 0.6 is 23.2 Å². The van der Waals surface area contributed by atoms with Gasteiger partial charge >= 0.3 is 0 Å². The van der Waals surface area contributed by atoms with Gasteiger partial charge in [-0.1, -0.05) is 41.4 Å². The number of nitrogens with one attached hydrogen (secondary N) is 1. The first-order valence-electron chi connectivity index (χ1n) is 8.73. The Morgan fingerprint density at radius 2 is 1.71 bits per heavy atom. The summed E-state index contributed by atoms with van der Waals surface area (Å²) in [7, 11) is -3.65. The van der Waals surface area contributed by atoms with E-state index >= 15 is 0 Å². The molecule has 150 valence electrons. The zero-order chi connectivity index (χ0) is 20.3. The van der Waals surface area contributed by atoms with Gasteiger partial charge in [0.1, 0.15) is 5.82 Å². The highest BCUT2D eigenvalue weighted by Crippen LogP contribution is 2.26. The molecule has 1 aliphatic rings. The molecule has 1 fully saturated rings. The topological polar surface area (TPSA) is 66.5 Å². The lowest BCUT2D eigenvalue weighted by Crippen LogP contribution is -2.42. The molecule has 9 heteroatoms. The maximum Gasteiger partial charge on any atom is 0.227 e. The first-order chi connectivity index (χ1) is 13.2. The van der Waals surface area contributed by atoms with Crippen LogP contribution in [0.4, 0.5) is 10.1 Å². The Morgan fingerprint density at radius 1 is 1.11 bits per heavy atom. The molecule has 2 aromatic carbocycles. The molecule has 1 saturated heterocycles.